The van der Waals surface area contributed by atoms with Crippen LogP contribution in [0.2, 0.25) is 0 Å². The second-order valence-corrected chi connectivity index (χ2v) is 8.19. The second kappa shape index (κ2) is 7.19. The zero-order chi connectivity index (χ0) is 14.5. The predicted molar refractivity (Wildman–Crippen MR) is 90.5 cm³/mol. The highest BCUT2D eigenvalue weighted by Gasteiger charge is 2.09. The Labute approximate surface area is 135 Å². The number of rotatable bonds is 4. The first-order chi connectivity index (χ1) is 9.58. The van der Waals surface area contributed by atoms with Crippen LogP contribution >= 0.6 is 38.6 Å². The summed E-state index contributed by atoms with van der Waals surface area (Å²) in [7, 11) is 3.84. The number of halogens is 1. The molecule has 0 amide bonds. The number of thiophene rings is 1. The van der Waals surface area contributed by atoms with Crippen LogP contribution in [0.15, 0.2) is 27.1 Å². The van der Waals surface area contributed by atoms with Gasteiger partial charge in [-0.1, -0.05) is 0 Å². The highest BCUT2D eigenvalue weighted by atomic mass is 79.9. The van der Waals surface area contributed by atoms with E-state index < -0.39 is 0 Å². The minimum absolute atomic E-state index is 0.712. The first kappa shape index (κ1) is 15.5. The van der Waals surface area contributed by atoms with Crippen LogP contribution in [0.4, 0.5) is 0 Å². The van der Waals surface area contributed by atoms with Crippen molar-refractivity contribution in [1.29, 1.82) is 0 Å². The van der Waals surface area contributed by atoms with E-state index >= 15 is 0 Å². The van der Waals surface area contributed by atoms with Crippen molar-refractivity contribution in [3.63, 3.8) is 0 Å². The smallest absolute Gasteiger partial charge is 0.194 e. The van der Waals surface area contributed by atoms with E-state index in [2.05, 4.69) is 55.2 Å². The van der Waals surface area contributed by atoms with Gasteiger partial charge in [-0.15, -0.1) is 22.7 Å². The van der Waals surface area contributed by atoms with Crippen molar-refractivity contribution in [2.24, 2.45) is 4.99 Å². The molecular formula is C13H17BrN4S2. The maximum absolute atomic E-state index is 4.35. The van der Waals surface area contributed by atoms with Gasteiger partial charge in [0.15, 0.2) is 5.96 Å². The third kappa shape index (κ3) is 4.29. The summed E-state index contributed by atoms with van der Waals surface area (Å²) in [6.07, 6.45) is 1.90. The van der Waals surface area contributed by atoms with Gasteiger partial charge in [0.2, 0.25) is 0 Å². The molecule has 0 saturated carbocycles. The molecule has 0 fully saturated rings. The van der Waals surface area contributed by atoms with Gasteiger partial charge in [0, 0.05) is 30.0 Å². The van der Waals surface area contributed by atoms with Crippen LogP contribution in [-0.2, 0) is 13.1 Å². The van der Waals surface area contributed by atoms with E-state index in [1.165, 1.54) is 9.75 Å². The summed E-state index contributed by atoms with van der Waals surface area (Å²) in [6, 6.07) is 4.20. The lowest BCUT2D eigenvalue weighted by molar-refractivity contribution is 0.481. The summed E-state index contributed by atoms with van der Waals surface area (Å²) in [5.74, 6) is 0.877. The predicted octanol–water partition coefficient (Wildman–Crippen LogP) is 3.48. The summed E-state index contributed by atoms with van der Waals surface area (Å²) in [6.45, 7) is 3.62. The van der Waals surface area contributed by atoms with Crippen LogP contribution in [0.25, 0.3) is 0 Å². The molecule has 0 aliphatic rings. The van der Waals surface area contributed by atoms with Crippen molar-refractivity contribution >= 4 is 44.6 Å². The minimum atomic E-state index is 0.712. The Hall–Kier alpha value is -0.920. The van der Waals surface area contributed by atoms with Crippen molar-refractivity contribution in [2.45, 2.75) is 20.0 Å². The first-order valence-electron chi connectivity index (χ1n) is 6.16. The molecule has 7 heteroatoms. The lowest BCUT2D eigenvalue weighted by atomic mass is 10.4. The van der Waals surface area contributed by atoms with E-state index in [0.717, 1.165) is 21.3 Å². The second-order valence-electron chi connectivity index (χ2n) is 4.33. The Bertz CT molecular complexity index is 591. The first-order valence-corrected chi connectivity index (χ1v) is 8.58. The van der Waals surface area contributed by atoms with Crippen molar-refractivity contribution in [2.75, 3.05) is 14.1 Å². The number of nitrogens with zero attached hydrogens (tertiary/aromatic N) is 3. The van der Waals surface area contributed by atoms with E-state index in [1.54, 1.807) is 29.7 Å². The number of aliphatic imine (C=N–C) groups is 1. The molecule has 2 aromatic rings. The molecule has 0 aliphatic carbocycles. The van der Waals surface area contributed by atoms with Crippen LogP contribution in [0, 0.1) is 6.92 Å². The molecule has 0 spiro atoms. The highest BCUT2D eigenvalue weighted by molar-refractivity contribution is 9.11. The number of guanidine groups is 1. The summed E-state index contributed by atoms with van der Waals surface area (Å²) >= 11 is 6.94. The fraction of sp³-hybridized carbons (Fsp3) is 0.385. The zero-order valence-electron chi connectivity index (χ0n) is 11.7. The van der Waals surface area contributed by atoms with E-state index in [1.807, 2.05) is 13.2 Å². The average molecular weight is 373 g/mol. The largest absolute Gasteiger partial charge is 0.350 e. The molecule has 0 aliphatic heterocycles. The summed E-state index contributed by atoms with van der Waals surface area (Å²) in [4.78, 5) is 13.3. The Morgan fingerprint density at radius 2 is 2.25 bits per heavy atom. The van der Waals surface area contributed by atoms with Crippen molar-refractivity contribution in [3.8, 4) is 0 Å². The monoisotopic (exact) mass is 372 g/mol. The Morgan fingerprint density at radius 3 is 2.80 bits per heavy atom. The van der Waals surface area contributed by atoms with Gasteiger partial charge < -0.3 is 10.2 Å². The van der Waals surface area contributed by atoms with Gasteiger partial charge in [0.25, 0.3) is 0 Å². The van der Waals surface area contributed by atoms with Gasteiger partial charge in [-0.3, -0.25) is 4.99 Å². The van der Waals surface area contributed by atoms with E-state index in [4.69, 9.17) is 0 Å². The van der Waals surface area contributed by atoms with Crippen LogP contribution in [-0.4, -0.2) is 29.9 Å². The van der Waals surface area contributed by atoms with Gasteiger partial charge in [-0.2, -0.15) is 0 Å². The molecule has 0 bridgehead atoms. The molecule has 0 unspecified atom stereocenters. The van der Waals surface area contributed by atoms with Gasteiger partial charge in [-0.25, -0.2) is 4.98 Å². The maximum atomic E-state index is 4.35. The molecule has 0 radical (unpaired) electrons. The maximum Gasteiger partial charge on any atom is 0.194 e. The molecule has 108 valence electrons. The summed E-state index contributed by atoms with van der Waals surface area (Å²) in [5, 5.41) is 4.42. The quantitative estimate of drug-likeness (QED) is 0.659. The molecule has 20 heavy (non-hydrogen) atoms. The van der Waals surface area contributed by atoms with Gasteiger partial charge in [0.1, 0.15) is 5.01 Å². The topological polar surface area (TPSA) is 40.5 Å². The average Bonchev–Trinajstić information content (AvgIpc) is 2.99. The molecule has 4 nitrogen and oxygen atoms in total. The number of thiazole rings is 1. The normalized spacial score (nSPS) is 11.7. The molecule has 1 N–H and O–H groups in total. The Kier molecular flexibility index (Phi) is 5.56. The van der Waals surface area contributed by atoms with Crippen molar-refractivity contribution < 1.29 is 0 Å². The van der Waals surface area contributed by atoms with Crippen LogP contribution in [0.5, 0.6) is 0 Å². The molecule has 0 saturated heterocycles. The molecule has 0 atom stereocenters. The van der Waals surface area contributed by atoms with Crippen LogP contribution < -0.4 is 5.32 Å². The third-order valence-corrected chi connectivity index (χ3v) is 5.18. The van der Waals surface area contributed by atoms with Crippen molar-refractivity contribution in [1.82, 2.24) is 15.2 Å². The number of nitrogens with one attached hydrogen (secondary N) is 1. The molecule has 2 aromatic heterocycles. The SMILES string of the molecule is CN=C(NCc1ncc(C)s1)N(C)Cc1ccc(Br)s1. The molecule has 0 aromatic carbocycles. The summed E-state index contributed by atoms with van der Waals surface area (Å²) in [5.41, 5.74) is 0. The number of hydrogen-bond acceptors (Lipinski definition) is 4. The fourth-order valence-electron chi connectivity index (χ4n) is 1.77. The Morgan fingerprint density at radius 1 is 1.45 bits per heavy atom. The van der Waals surface area contributed by atoms with Crippen LogP contribution in [0.3, 0.4) is 0 Å². The third-order valence-electron chi connectivity index (χ3n) is 2.66. The fourth-order valence-corrected chi connectivity index (χ4v) is 4.03. The summed E-state index contributed by atoms with van der Waals surface area (Å²) < 4.78 is 1.15. The lowest BCUT2D eigenvalue weighted by Crippen LogP contribution is -2.37. The number of hydrogen-bond donors (Lipinski definition) is 1. The minimum Gasteiger partial charge on any atom is -0.350 e. The molecule has 2 heterocycles. The van der Waals surface area contributed by atoms with Crippen LogP contribution in [0.1, 0.15) is 14.8 Å². The van der Waals surface area contributed by atoms with Crippen molar-refractivity contribution in [3.05, 3.63) is 36.9 Å². The number of aryl methyl sites for hydroxylation is 1. The van der Waals surface area contributed by atoms with Gasteiger partial charge in [0.05, 0.1) is 16.9 Å². The van der Waals surface area contributed by atoms with E-state index in [0.29, 0.717) is 6.54 Å². The number of aromatic nitrogens is 1. The zero-order valence-corrected chi connectivity index (χ0v) is 14.9. The van der Waals surface area contributed by atoms with Gasteiger partial charge >= 0.3 is 0 Å². The standard InChI is InChI=1S/C13H17BrN4S2/c1-9-6-16-12(19-9)7-17-13(15-2)18(3)8-10-4-5-11(14)20-10/h4-6H,7-8H2,1-3H3,(H,15,17). The van der Waals surface area contributed by atoms with Gasteiger partial charge in [-0.05, 0) is 35.0 Å². The highest BCUT2D eigenvalue weighted by Crippen LogP contribution is 2.23. The lowest BCUT2D eigenvalue weighted by Gasteiger charge is -2.21. The molecular weight excluding hydrogens is 356 g/mol. The van der Waals surface area contributed by atoms with E-state index in [-0.39, 0.29) is 0 Å². The molecule has 2 rings (SSSR count). The Balaban J connectivity index is 1.90. The van der Waals surface area contributed by atoms with E-state index in [9.17, 15) is 0 Å².